The van der Waals surface area contributed by atoms with Gasteiger partial charge in [-0.1, -0.05) is 20.8 Å². The predicted octanol–water partition coefficient (Wildman–Crippen LogP) is 2.51. The van der Waals surface area contributed by atoms with Crippen molar-refractivity contribution < 1.29 is 0 Å². The number of rotatable bonds is 7. The number of nitrogens with zero attached hydrogens (tertiary/aromatic N) is 2. The van der Waals surface area contributed by atoms with Gasteiger partial charge in [0.2, 0.25) is 0 Å². The normalized spacial score (nSPS) is 11.7. The van der Waals surface area contributed by atoms with Crippen molar-refractivity contribution in [3.8, 4) is 0 Å². The summed E-state index contributed by atoms with van der Waals surface area (Å²) in [7, 11) is 4.18. The largest absolute Gasteiger partial charge is 0.312 e. The zero-order chi connectivity index (χ0) is 12.8. The van der Waals surface area contributed by atoms with E-state index in [1.165, 1.54) is 15.6 Å². The Kier molecular flexibility index (Phi) is 6.09. The fraction of sp³-hybridized carbons (Fsp3) is 0.769. The van der Waals surface area contributed by atoms with Crippen molar-refractivity contribution in [2.75, 3.05) is 20.6 Å². The Labute approximate surface area is 109 Å². The standard InChI is InChI=1S/C13H25N3S/c1-6-14-8-12-11(7-10(2)3)15-13(17-12)9-16(4)5/h10,14H,6-9H2,1-5H3. The smallest absolute Gasteiger partial charge is 0.107 e. The molecule has 1 heterocycles. The molecule has 0 unspecified atom stereocenters. The zero-order valence-corrected chi connectivity index (χ0v) is 12.5. The molecule has 1 rings (SSSR count). The molecule has 3 nitrogen and oxygen atoms in total. The molecule has 0 fully saturated rings. The zero-order valence-electron chi connectivity index (χ0n) is 11.7. The molecule has 0 aliphatic heterocycles. The third kappa shape index (κ3) is 5.15. The Morgan fingerprint density at radius 3 is 2.59 bits per heavy atom. The van der Waals surface area contributed by atoms with Crippen molar-refractivity contribution in [1.29, 1.82) is 0 Å². The molecule has 98 valence electrons. The van der Waals surface area contributed by atoms with Gasteiger partial charge in [0.25, 0.3) is 0 Å². The average molecular weight is 255 g/mol. The summed E-state index contributed by atoms with van der Waals surface area (Å²) in [5, 5.41) is 4.64. The summed E-state index contributed by atoms with van der Waals surface area (Å²) < 4.78 is 0. The van der Waals surface area contributed by atoms with Crippen LogP contribution in [0.3, 0.4) is 0 Å². The number of hydrogen-bond donors (Lipinski definition) is 1. The van der Waals surface area contributed by atoms with Gasteiger partial charge in [-0.15, -0.1) is 11.3 Å². The van der Waals surface area contributed by atoms with Gasteiger partial charge in [-0.25, -0.2) is 4.98 Å². The minimum Gasteiger partial charge on any atom is -0.312 e. The molecule has 0 aliphatic rings. The van der Waals surface area contributed by atoms with E-state index in [1.807, 2.05) is 11.3 Å². The monoisotopic (exact) mass is 255 g/mol. The second-order valence-electron chi connectivity index (χ2n) is 5.09. The predicted molar refractivity (Wildman–Crippen MR) is 75.4 cm³/mol. The van der Waals surface area contributed by atoms with Crippen LogP contribution in [0.4, 0.5) is 0 Å². The SMILES string of the molecule is CCNCc1sc(CN(C)C)nc1CC(C)C. The molecule has 1 aromatic rings. The number of nitrogens with one attached hydrogen (secondary N) is 1. The van der Waals surface area contributed by atoms with Crippen LogP contribution in [0.5, 0.6) is 0 Å². The lowest BCUT2D eigenvalue weighted by atomic mass is 10.1. The summed E-state index contributed by atoms with van der Waals surface area (Å²) in [4.78, 5) is 8.37. The first-order valence-corrected chi connectivity index (χ1v) is 7.17. The highest BCUT2D eigenvalue weighted by atomic mass is 32.1. The van der Waals surface area contributed by atoms with E-state index >= 15 is 0 Å². The first kappa shape index (κ1) is 14.6. The molecule has 1 aromatic heterocycles. The summed E-state index contributed by atoms with van der Waals surface area (Å²) in [5.41, 5.74) is 1.29. The minimum absolute atomic E-state index is 0.671. The molecule has 0 saturated heterocycles. The summed E-state index contributed by atoms with van der Waals surface area (Å²) >= 11 is 1.85. The Morgan fingerprint density at radius 2 is 2.06 bits per heavy atom. The Hall–Kier alpha value is -0.450. The molecule has 4 heteroatoms. The minimum atomic E-state index is 0.671. The first-order valence-electron chi connectivity index (χ1n) is 6.35. The molecular weight excluding hydrogens is 230 g/mol. The second kappa shape index (κ2) is 7.09. The summed E-state index contributed by atoms with van der Waals surface area (Å²) in [6, 6.07) is 0. The fourth-order valence-corrected chi connectivity index (χ4v) is 2.88. The highest BCUT2D eigenvalue weighted by Gasteiger charge is 2.12. The van der Waals surface area contributed by atoms with Crippen LogP contribution in [0.25, 0.3) is 0 Å². The summed E-state index contributed by atoms with van der Waals surface area (Å²) in [6.07, 6.45) is 1.09. The summed E-state index contributed by atoms with van der Waals surface area (Å²) in [6.45, 7) is 9.57. The van der Waals surface area contributed by atoms with E-state index in [1.54, 1.807) is 0 Å². The van der Waals surface area contributed by atoms with Gasteiger partial charge in [0, 0.05) is 18.0 Å². The van der Waals surface area contributed by atoms with Crippen LogP contribution in [0, 0.1) is 5.92 Å². The van der Waals surface area contributed by atoms with Gasteiger partial charge in [0.15, 0.2) is 0 Å². The highest BCUT2D eigenvalue weighted by molar-refractivity contribution is 7.11. The average Bonchev–Trinajstić information content (AvgIpc) is 2.55. The topological polar surface area (TPSA) is 28.2 Å². The first-order chi connectivity index (χ1) is 8.02. The maximum absolute atomic E-state index is 4.78. The lowest BCUT2D eigenvalue weighted by Gasteiger charge is -2.05. The lowest BCUT2D eigenvalue weighted by Crippen LogP contribution is -2.12. The molecule has 0 amide bonds. The molecule has 0 spiro atoms. The van der Waals surface area contributed by atoms with E-state index in [-0.39, 0.29) is 0 Å². The number of thiazole rings is 1. The van der Waals surface area contributed by atoms with Gasteiger partial charge in [0.1, 0.15) is 5.01 Å². The second-order valence-corrected chi connectivity index (χ2v) is 6.26. The van der Waals surface area contributed by atoms with E-state index in [9.17, 15) is 0 Å². The molecule has 17 heavy (non-hydrogen) atoms. The molecule has 0 bridgehead atoms. The van der Waals surface area contributed by atoms with Crippen LogP contribution < -0.4 is 5.32 Å². The van der Waals surface area contributed by atoms with Crippen molar-refractivity contribution in [2.45, 2.75) is 40.3 Å². The third-order valence-corrected chi connectivity index (χ3v) is 3.49. The van der Waals surface area contributed by atoms with Crippen molar-refractivity contribution in [3.63, 3.8) is 0 Å². The van der Waals surface area contributed by atoms with E-state index in [4.69, 9.17) is 4.98 Å². The van der Waals surface area contributed by atoms with E-state index in [2.05, 4.69) is 45.1 Å². The molecule has 0 aliphatic carbocycles. The van der Waals surface area contributed by atoms with Crippen LogP contribution >= 0.6 is 11.3 Å². The lowest BCUT2D eigenvalue weighted by molar-refractivity contribution is 0.401. The van der Waals surface area contributed by atoms with E-state index < -0.39 is 0 Å². The van der Waals surface area contributed by atoms with Crippen molar-refractivity contribution in [1.82, 2.24) is 15.2 Å². The van der Waals surface area contributed by atoms with Crippen LogP contribution in [0.1, 0.15) is 36.3 Å². The van der Waals surface area contributed by atoms with Crippen LogP contribution in [-0.4, -0.2) is 30.5 Å². The van der Waals surface area contributed by atoms with Gasteiger partial charge in [-0.3, -0.25) is 0 Å². The van der Waals surface area contributed by atoms with Crippen LogP contribution in [0.2, 0.25) is 0 Å². The van der Waals surface area contributed by atoms with Crippen molar-refractivity contribution in [3.05, 3.63) is 15.6 Å². The number of hydrogen-bond acceptors (Lipinski definition) is 4. The van der Waals surface area contributed by atoms with E-state index in [0.717, 1.165) is 26.1 Å². The van der Waals surface area contributed by atoms with Crippen LogP contribution in [-0.2, 0) is 19.5 Å². The molecule has 0 saturated carbocycles. The quantitative estimate of drug-likeness (QED) is 0.811. The summed E-state index contributed by atoms with van der Waals surface area (Å²) in [5.74, 6) is 0.671. The molecule has 0 aromatic carbocycles. The van der Waals surface area contributed by atoms with Gasteiger partial charge in [0.05, 0.1) is 5.69 Å². The van der Waals surface area contributed by atoms with Gasteiger partial charge < -0.3 is 10.2 Å². The van der Waals surface area contributed by atoms with Crippen molar-refractivity contribution >= 4 is 11.3 Å². The third-order valence-electron chi connectivity index (χ3n) is 2.41. The molecule has 0 atom stereocenters. The maximum Gasteiger partial charge on any atom is 0.107 e. The molecule has 1 N–H and O–H groups in total. The van der Waals surface area contributed by atoms with Gasteiger partial charge in [-0.05, 0) is 33.0 Å². The molecule has 0 radical (unpaired) electrons. The number of aromatic nitrogens is 1. The Balaban J connectivity index is 2.78. The van der Waals surface area contributed by atoms with Gasteiger partial charge >= 0.3 is 0 Å². The highest BCUT2D eigenvalue weighted by Crippen LogP contribution is 2.22. The van der Waals surface area contributed by atoms with Crippen LogP contribution in [0.15, 0.2) is 0 Å². The molecular formula is C13H25N3S. The van der Waals surface area contributed by atoms with E-state index in [0.29, 0.717) is 5.92 Å². The fourth-order valence-electron chi connectivity index (χ4n) is 1.70. The maximum atomic E-state index is 4.78. The Bertz CT molecular complexity index is 331. The Morgan fingerprint density at radius 1 is 1.35 bits per heavy atom. The van der Waals surface area contributed by atoms with Crippen molar-refractivity contribution in [2.24, 2.45) is 5.92 Å². The van der Waals surface area contributed by atoms with Gasteiger partial charge in [-0.2, -0.15) is 0 Å².